The molecule has 6 nitrogen and oxygen atoms in total. The smallest absolute Gasteiger partial charge is 0.256 e. The van der Waals surface area contributed by atoms with E-state index in [0.717, 1.165) is 66.6 Å². The van der Waals surface area contributed by atoms with E-state index in [0.29, 0.717) is 28.9 Å². The fourth-order valence-electron chi connectivity index (χ4n) is 6.99. The molecule has 0 atom stereocenters. The molecule has 0 bridgehead atoms. The summed E-state index contributed by atoms with van der Waals surface area (Å²) in [6.45, 7) is 3.92. The van der Waals surface area contributed by atoms with Crippen LogP contribution >= 0.6 is 0 Å². The molecule has 6 aromatic carbocycles. The first-order valence-corrected chi connectivity index (χ1v) is 17.6. The van der Waals surface area contributed by atoms with Gasteiger partial charge in [-0.3, -0.25) is 9.59 Å². The second-order valence-electron chi connectivity index (χ2n) is 13.2. The van der Waals surface area contributed by atoms with Gasteiger partial charge in [-0.15, -0.1) is 0 Å². The molecule has 2 heterocycles. The molecule has 6 heteroatoms. The largest absolute Gasteiger partial charge is 0.322 e. The highest BCUT2D eigenvalue weighted by molar-refractivity contribution is 6.15. The van der Waals surface area contributed by atoms with Crippen molar-refractivity contribution in [1.82, 2.24) is 9.97 Å². The summed E-state index contributed by atoms with van der Waals surface area (Å²) in [7, 11) is 0. The molecule has 8 rings (SSSR count). The highest BCUT2D eigenvalue weighted by Crippen LogP contribution is 2.32. The van der Waals surface area contributed by atoms with E-state index in [-0.39, 0.29) is 11.8 Å². The third kappa shape index (κ3) is 6.78. The highest BCUT2D eigenvalue weighted by atomic mass is 16.2. The van der Waals surface area contributed by atoms with Crippen molar-refractivity contribution in [2.75, 3.05) is 10.6 Å². The lowest BCUT2D eigenvalue weighted by Crippen LogP contribution is -2.15. The van der Waals surface area contributed by atoms with Crippen LogP contribution in [0.25, 0.3) is 44.3 Å². The minimum Gasteiger partial charge on any atom is -0.322 e. The standard InChI is InChI=1S/C47H36N4O2/c1-30-42(38-17-9-11-19-40(38)50-44(30)34-13-5-3-6-14-34)46(52)48-36-25-21-32(22-26-36)29-33-23-27-37(28-24-33)49-47(53)43-31(2)45(35-15-7-4-8-16-35)51-41-20-12-10-18-39(41)43/h3-28H,29H2,1-2H3,(H,48,52)(H,49,53). The first-order valence-electron chi connectivity index (χ1n) is 17.6. The van der Waals surface area contributed by atoms with E-state index >= 15 is 0 Å². The maximum atomic E-state index is 13.8. The van der Waals surface area contributed by atoms with E-state index in [4.69, 9.17) is 9.97 Å². The number of carbonyl (C=O) groups excluding carboxylic acids is 2. The number of para-hydroxylation sites is 2. The van der Waals surface area contributed by atoms with Crippen molar-refractivity contribution in [1.29, 1.82) is 0 Å². The molecule has 2 aromatic heterocycles. The van der Waals surface area contributed by atoms with Gasteiger partial charge in [0, 0.05) is 33.3 Å². The van der Waals surface area contributed by atoms with E-state index in [9.17, 15) is 9.59 Å². The number of nitrogens with zero attached hydrogens (tertiary/aromatic N) is 2. The summed E-state index contributed by atoms with van der Waals surface area (Å²) >= 11 is 0. The van der Waals surface area contributed by atoms with Gasteiger partial charge in [-0.1, -0.05) is 121 Å². The number of benzene rings is 6. The Bertz CT molecular complexity index is 2430. The molecule has 53 heavy (non-hydrogen) atoms. The number of nitrogens with one attached hydrogen (secondary N) is 2. The van der Waals surface area contributed by atoms with Crippen molar-refractivity contribution in [3.8, 4) is 22.5 Å². The van der Waals surface area contributed by atoms with Gasteiger partial charge in [-0.25, -0.2) is 9.97 Å². The van der Waals surface area contributed by atoms with E-state index in [1.807, 2.05) is 172 Å². The van der Waals surface area contributed by atoms with Gasteiger partial charge in [0.15, 0.2) is 0 Å². The molecule has 0 radical (unpaired) electrons. The van der Waals surface area contributed by atoms with Gasteiger partial charge in [-0.2, -0.15) is 0 Å². The normalized spacial score (nSPS) is 11.1. The van der Waals surface area contributed by atoms with Crippen LogP contribution in [-0.4, -0.2) is 21.8 Å². The summed E-state index contributed by atoms with van der Waals surface area (Å²) in [4.78, 5) is 37.4. The lowest BCUT2D eigenvalue weighted by molar-refractivity contribution is 0.101. The average Bonchev–Trinajstić information content (AvgIpc) is 3.19. The van der Waals surface area contributed by atoms with Crippen LogP contribution in [0.5, 0.6) is 0 Å². The zero-order chi connectivity index (χ0) is 36.3. The van der Waals surface area contributed by atoms with Gasteiger partial charge in [0.05, 0.1) is 33.5 Å². The van der Waals surface area contributed by atoms with E-state index < -0.39 is 0 Å². The van der Waals surface area contributed by atoms with E-state index in [1.54, 1.807) is 0 Å². The molecule has 0 spiro atoms. The molecular formula is C47H36N4O2. The second kappa shape index (κ2) is 14.4. The summed E-state index contributed by atoms with van der Waals surface area (Å²) in [6.07, 6.45) is 0.700. The Morgan fingerprint density at radius 3 is 1.21 bits per heavy atom. The first kappa shape index (κ1) is 33.2. The summed E-state index contributed by atoms with van der Waals surface area (Å²) in [5.41, 5.74) is 11.6. The Hall–Kier alpha value is -6.92. The van der Waals surface area contributed by atoms with Crippen molar-refractivity contribution >= 4 is 45.0 Å². The zero-order valence-corrected chi connectivity index (χ0v) is 29.4. The molecule has 2 amide bonds. The topological polar surface area (TPSA) is 84.0 Å². The Balaban J connectivity index is 0.970. The molecule has 0 unspecified atom stereocenters. The fraction of sp³-hybridized carbons (Fsp3) is 0.0638. The van der Waals surface area contributed by atoms with Crippen molar-refractivity contribution in [2.24, 2.45) is 0 Å². The lowest BCUT2D eigenvalue weighted by Gasteiger charge is -2.15. The SMILES string of the molecule is Cc1c(-c2ccccc2)nc2ccccc2c1C(=O)Nc1ccc(Cc2ccc(NC(=O)c3c(C)c(-c4ccccc4)nc4ccccc34)cc2)cc1. The average molecular weight is 689 g/mol. The maximum Gasteiger partial charge on any atom is 0.256 e. The van der Waals surface area contributed by atoms with E-state index in [1.165, 1.54) is 0 Å². The number of pyridine rings is 2. The Labute approximate surface area is 308 Å². The van der Waals surface area contributed by atoms with Crippen molar-refractivity contribution < 1.29 is 9.59 Å². The monoisotopic (exact) mass is 688 g/mol. The van der Waals surface area contributed by atoms with Crippen LogP contribution in [0.1, 0.15) is 43.0 Å². The number of aromatic nitrogens is 2. The van der Waals surface area contributed by atoms with Crippen LogP contribution in [0.3, 0.4) is 0 Å². The van der Waals surface area contributed by atoms with Crippen molar-refractivity contribution in [3.63, 3.8) is 0 Å². The number of fused-ring (bicyclic) bond motifs is 2. The van der Waals surface area contributed by atoms with Gasteiger partial charge >= 0.3 is 0 Å². The van der Waals surface area contributed by atoms with Crippen LogP contribution < -0.4 is 10.6 Å². The van der Waals surface area contributed by atoms with Gasteiger partial charge < -0.3 is 10.6 Å². The summed E-state index contributed by atoms with van der Waals surface area (Å²) in [5, 5.41) is 7.87. The van der Waals surface area contributed by atoms with Crippen LogP contribution in [0.4, 0.5) is 11.4 Å². The van der Waals surface area contributed by atoms with Crippen LogP contribution in [0, 0.1) is 13.8 Å². The Morgan fingerprint density at radius 2 is 0.811 bits per heavy atom. The van der Waals surface area contributed by atoms with Crippen LogP contribution in [0.2, 0.25) is 0 Å². The number of hydrogen-bond donors (Lipinski definition) is 2. The molecule has 0 aliphatic heterocycles. The molecular weight excluding hydrogens is 653 g/mol. The zero-order valence-electron chi connectivity index (χ0n) is 29.4. The van der Waals surface area contributed by atoms with Gasteiger partial charge in [0.1, 0.15) is 0 Å². The minimum atomic E-state index is -0.171. The number of amides is 2. The van der Waals surface area contributed by atoms with Crippen molar-refractivity contribution in [2.45, 2.75) is 20.3 Å². The summed E-state index contributed by atoms with van der Waals surface area (Å²) < 4.78 is 0. The molecule has 256 valence electrons. The Kier molecular flexibility index (Phi) is 9.01. The second-order valence-corrected chi connectivity index (χ2v) is 13.2. The molecule has 8 aromatic rings. The predicted molar refractivity (Wildman–Crippen MR) is 215 cm³/mol. The van der Waals surface area contributed by atoms with E-state index in [2.05, 4.69) is 10.6 Å². The van der Waals surface area contributed by atoms with Gasteiger partial charge in [0.2, 0.25) is 0 Å². The van der Waals surface area contributed by atoms with Crippen LogP contribution in [-0.2, 0) is 6.42 Å². The molecule has 0 fully saturated rings. The lowest BCUT2D eigenvalue weighted by atomic mass is 9.97. The van der Waals surface area contributed by atoms with Crippen LogP contribution in [0.15, 0.2) is 158 Å². The fourth-order valence-corrected chi connectivity index (χ4v) is 6.99. The number of carbonyl (C=O) groups is 2. The molecule has 0 saturated carbocycles. The minimum absolute atomic E-state index is 0.171. The summed E-state index contributed by atoms with van der Waals surface area (Å²) in [6, 6.07) is 51.3. The van der Waals surface area contributed by atoms with Gasteiger partial charge in [-0.05, 0) is 78.9 Å². The maximum absolute atomic E-state index is 13.8. The Morgan fingerprint density at radius 1 is 0.453 bits per heavy atom. The van der Waals surface area contributed by atoms with Gasteiger partial charge in [0.25, 0.3) is 11.8 Å². The first-order chi connectivity index (χ1) is 25.9. The highest BCUT2D eigenvalue weighted by Gasteiger charge is 2.21. The van der Waals surface area contributed by atoms with Crippen molar-refractivity contribution in [3.05, 3.63) is 191 Å². The molecule has 0 aliphatic rings. The number of hydrogen-bond acceptors (Lipinski definition) is 4. The molecule has 0 aliphatic carbocycles. The number of anilines is 2. The third-order valence-corrected chi connectivity index (χ3v) is 9.65. The number of rotatable bonds is 8. The molecule has 2 N–H and O–H groups in total. The summed E-state index contributed by atoms with van der Waals surface area (Å²) in [5.74, 6) is -0.343. The third-order valence-electron chi connectivity index (χ3n) is 9.65. The predicted octanol–water partition coefficient (Wildman–Crippen LogP) is 10.8. The quantitative estimate of drug-likeness (QED) is 0.166. The molecule has 0 saturated heterocycles.